The van der Waals surface area contributed by atoms with Crippen molar-refractivity contribution in [1.82, 2.24) is 9.78 Å². The van der Waals surface area contributed by atoms with Gasteiger partial charge in [-0.05, 0) is 32.6 Å². The van der Waals surface area contributed by atoms with E-state index in [0.717, 1.165) is 49.9 Å². The van der Waals surface area contributed by atoms with E-state index in [2.05, 4.69) is 32.8 Å². The molecule has 1 rings (SSSR count). The fraction of sp³-hybridized carbons (Fsp3) is 0.786. The number of unbranched alkanes of at least 4 members (excludes halogenated alkanes) is 1. The van der Waals surface area contributed by atoms with Crippen LogP contribution in [0.4, 0.5) is 0 Å². The van der Waals surface area contributed by atoms with Crippen molar-refractivity contribution in [1.29, 1.82) is 0 Å². The van der Waals surface area contributed by atoms with Gasteiger partial charge in [0.25, 0.3) is 0 Å². The average Bonchev–Trinajstić information content (AvgIpc) is 2.64. The summed E-state index contributed by atoms with van der Waals surface area (Å²) in [5.41, 5.74) is 1.91. The van der Waals surface area contributed by atoms with E-state index in [1.807, 2.05) is 4.68 Å². The third kappa shape index (κ3) is 3.24. The quantitative estimate of drug-likeness (QED) is 0.783. The summed E-state index contributed by atoms with van der Waals surface area (Å²) in [6, 6.07) is 0.373. The van der Waals surface area contributed by atoms with Crippen molar-refractivity contribution in [3.05, 3.63) is 11.4 Å². The first-order valence-electron chi connectivity index (χ1n) is 6.94. The van der Waals surface area contributed by atoms with Crippen LogP contribution in [0, 0.1) is 0 Å². The zero-order chi connectivity index (χ0) is 12.8. The molecule has 3 heteroatoms. The molecular weight excluding hydrogens is 212 g/mol. The zero-order valence-corrected chi connectivity index (χ0v) is 11.7. The first-order chi connectivity index (χ1) is 8.15. The minimum absolute atomic E-state index is 0.373. The maximum absolute atomic E-state index is 10.2. The second-order valence-corrected chi connectivity index (χ2v) is 4.80. The largest absolute Gasteiger partial charge is 0.504 e. The summed E-state index contributed by atoms with van der Waals surface area (Å²) in [6.45, 7) is 8.62. The first-order valence-corrected chi connectivity index (χ1v) is 6.94. The number of aryl methyl sites for hydroxylation is 1. The molecule has 98 valence electrons. The Hall–Kier alpha value is -0.990. The molecule has 1 heterocycles. The Bertz CT molecular complexity index is 344. The Morgan fingerprint density at radius 1 is 1.18 bits per heavy atom. The minimum Gasteiger partial charge on any atom is -0.504 e. The molecule has 1 atom stereocenters. The molecule has 0 saturated carbocycles. The van der Waals surface area contributed by atoms with E-state index in [1.165, 1.54) is 0 Å². The molecule has 0 aliphatic carbocycles. The van der Waals surface area contributed by atoms with E-state index >= 15 is 0 Å². The summed E-state index contributed by atoms with van der Waals surface area (Å²) in [7, 11) is 0. The number of nitrogens with zero attached hydrogens (tertiary/aromatic N) is 2. The van der Waals surface area contributed by atoms with Crippen LogP contribution in [0.3, 0.4) is 0 Å². The lowest BCUT2D eigenvalue weighted by molar-refractivity contribution is 0.436. The van der Waals surface area contributed by atoms with Crippen LogP contribution in [-0.4, -0.2) is 14.9 Å². The number of aromatic hydroxyl groups is 1. The number of rotatable bonds is 7. The molecule has 0 radical (unpaired) electrons. The molecule has 1 N–H and O–H groups in total. The molecule has 0 aliphatic rings. The van der Waals surface area contributed by atoms with Crippen molar-refractivity contribution < 1.29 is 5.11 Å². The van der Waals surface area contributed by atoms with E-state index in [0.29, 0.717) is 11.8 Å². The van der Waals surface area contributed by atoms with Crippen molar-refractivity contribution in [2.45, 2.75) is 72.3 Å². The molecule has 0 amide bonds. The van der Waals surface area contributed by atoms with Crippen LogP contribution in [-0.2, 0) is 12.8 Å². The fourth-order valence-electron chi connectivity index (χ4n) is 2.03. The molecule has 0 saturated heterocycles. The highest BCUT2D eigenvalue weighted by molar-refractivity contribution is 5.33. The van der Waals surface area contributed by atoms with Crippen LogP contribution in [0.25, 0.3) is 0 Å². The normalized spacial score (nSPS) is 12.9. The first kappa shape index (κ1) is 14.1. The van der Waals surface area contributed by atoms with Gasteiger partial charge in [-0.25, -0.2) is 0 Å². The molecule has 0 spiro atoms. The SMILES string of the molecule is CCCCc1nn(C(C)CC)c(CCC)c1O. The summed E-state index contributed by atoms with van der Waals surface area (Å²) in [6.07, 6.45) is 6.13. The molecule has 0 aromatic carbocycles. The number of hydrogen-bond acceptors (Lipinski definition) is 2. The van der Waals surface area contributed by atoms with Crippen LogP contribution in [0.15, 0.2) is 0 Å². The Kier molecular flexibility index (Phi) is 5.52. The Balaban J connectivity index is 3.01. The summed E-state index contributed by atoms with van der Waals surface area (Å²) in [5, 5.41) is 14.8. The lowest BCUT2D eigenvalue weighted by atomic mass is 10.1. The van der Waals surface area contributed by atoms with Crippen LogP contribution < -0.4 is 0 Å². The predicted octanol–water partition coefficient (Wildman–Crippen LogP) is 3.85. The molecule has 3 nitrogen and oxygen atoms in total. The van der Waals surface area contributed by atoms with Gasteiger partial charge in [0.2, 0.25) is 0 Å². The Morgan fingerprint density at radius 3 is 2.41 bits per heavy atom. The van der Waals surface area contributed by atoms with Crippen LogP contribution in [0.2, 0.25) is 0 Å². The maximum atomic E-state index is 10.2. The van der Waals surface area contributed by atoms with Gasteiger partial charge < -0.3 is 5.11 Å². The topological polar surface area (TPSA) is 38.0 Å². The summed E-state index contributed by atoms with van der Waals surface area (Å²) >= 11 is 0. The molecular formula is C14H26N2O. The van der Waals surface area contributed by atoms with E-state index in [4.69, 9.17) is 0 Å². The highest BCUT2D eigenvalue weighted by Crippen LogP contribution is 2.28. The van der Waals surface area contributed by atoms with E-state index in [1.54, 1.807) is 0 Å². The smallest absolute Gasteiger partial charge is 0.160 e. The predicted molar refractivity (Wildman–Crippen MR) is 71.5 cm³/mol. The minimum atomic E-state index is 0.373. The fourth-order valence-corrected chi connectivity index (χ4v) is 2.03. The monoisotopic (exact) mass is 238 g/mol. The van der Waals surface area contributed by atoms with Gasteiger partial charge in [0.05, 0.1) is 5.69 Å². The van der Waals surface area contributed by atoms with Crippen LogP contribution in [0.5, 0.6) is 5.75 Å². The Morgan fingerprint density at radius 2 is 1.88 bits per heavy atom. The van der Waals surface area contributed by atoms with E-state index in [9.17, 15) is 5.11 Å². The molecule has 17 heavy (non-hydrogen) atoms. The number of aromatic nitrogens is 2. The van der Waals surface area contributed by atoms with Crippen LogP contribution in [0.1, 0.15) is 70.8 Å². The maximum Gasteiger partial charge on any atom is 0.160 e. The summed E-state index contributed by atoms with van der Waals surface area (Å²) in [5.74, 6) is 0.445. The van der Waals surface area contributed by atoms with Gasteiger partial charge in [0.1, 0.15) is 5.69 Å². The van der Waals surface area contributed by atoms with Crippen molar-refractivity contribution in [3.8, 4) is 5.75 Å². The third-order valence-corrected chi connectivity index (χ3v) is 3.31. The standard InChI is InChI=1S/C14H26N2O/c1-5-8-10-12-14(17)13(9-6-2)16(15-12)11(4)7-3/h11,17H,5-10H2,1-4H3. The van der Waals surface area contributed by atoms with Gasteiger partial charge in [-0.2, -0.15) is 5.10 Å². The van der Waals surface area contributed by atoms with E-state index in [-0.39, 0.29) is 0 Å². The van der Waals surface area contributed by atoms with Gasteiger partial charge in [0, 0.05) is 6.04 Å². The molecule has 0 bridgehead atoms. The molecule has 0 fully saturated rings. The van der Waals surface area contributed by atoms with Crippen molar-refractivity contribution in [2.24, 2.45) is 0 Å². The third-order valence-electron chi connectivity index (χ3n) is 3.31. The average molecular weight is 238 g/mol. The molecule has 1 aromatic rings. The van der Waals surface area contributed by atoms with Gasteiger partial charge in [-0.15, -0.1) is 0 Å². The Labute approximate surface area is 105 Å². The van der Waals surface area contributed by atoms with E-state index < -0.39 is 0 Å². The van der Waals surface area contributed by atoms with Gasteiger partial charge >= 0.3 is 0 Å². The van der Waals surface area contributed by atoms with Gasteiger partial charge in [-0.3, -0.25) is 4.68 Å². The lowest BCUT2D eigenvalue weighted by Gasteiger charge is -2.13. The number of hydrogen-bond donors (Lipinski definition) is 1. The molecule has 1 unspecified atom stereocenters. The van der Waals surface area contributed by atoms with Crippen molar-refractivity contribution >= 4 is 0 Å². The molecule has 1 aromatic heterocycles. The highest BCUT2D eigenvalue weighted by atomic mass is 16.3. The summed E-state index contributed by atoms with van der Waals surface area (Å²) in [4.78, 5) is 0. The highest BCUT2D eigenvalue weighted by Gasteiger charge is 2.18. The van der Waals surface area contributed by atoms with Crippen LogP contribution >= 0.6 is 0 Å². The van der Waals surface area contributed by atoms with Gasteiger partial charge in [0.15, 0.2) is 5.75 Å². The zero-order valence-electron chi connectivity index (χ0n) is 11.7. The second-order valence-electron chi connectivity index (χ2n) is 4.80. The summed E-state index contributed by atoms with van der Waals surface area (Å²) < 4.78 is 2.03. The van der Waals surface area contributed by atoms with Gasteiger partial charge in [-0.1, -0.05) is 33.6 Å². The molecule has 0 aliphatic heterocycles. The van der Waals surface area contributed by atoms with Crippen molar-refractivity contribution in [3.63, 3.8) is 0 Å². The van der Waals surface area contributed by atoms with Crippen molar-refractivity contribution in [2.75, 3.05) is 0 Å². The second kappa shape index (κ2) is 6.67. The lowest BCUT2D eigenvalue weighted by Crippen LogP contribution is -2.10.